The molecule has 0 aliphatic carbocycles. The van der Waals surface area contributed by atoms with Crippen molar-refractivity contribution in [2.24, 2.45) is 0 Å². The van der Waals surface area contributed by atoms with E-state index in [1.807, 2.05) is 0 Å². The third kappa shape index (κ3) is 13.8. The lowest BCUT2D eigenvalue weighted by molar-refractivity contribution is 0.380. The summed E-state index contributed by atoms with van der Waals surface area (Å²) >= 11 is 15.3. The van der Waals surface area contributed by atoms with Crippen molar-refractivity contribution in [2.45, 2.75) is 22.1 Å². The summed E-state index contributed by atoms with van der Waals surface area (Å²) in [6, 6.07) is 37.7. The van der Waals surface area contributed by atoms with Gasteiger partial charge in [-0.2, -0.15) is 0 Å². The standard InChI is InChI=1S/C26H18ClFN2O5S.C20H16BrN3O5S.C13H10BClFO3/c1-34-25-12-20(15-3-2-4-16(27)9-15)24(28)11-21(25)23-13-29-26(31)22-10-18(5-6-19(22)23)36(32,33)14-17-7-8-35-30-17;1-28-14-4-2-13(3-5-14)12-24(19-8-9-29-23-19)30(26,27)15-6-7-16-17(10-15)20(25)22-11-18(16)21;1-18-12-6-10(8-3-2-4-9(15)5-8)11(16)7-13(12)19-14-17/h2-13H,14H2,1H3,(H,29,31);2-11H,12H2,1H3,(H,22,25);2-7,17H,1H3. The lowest BCUT2D eigenvalue weighted by Gasteiger charge is -2.22. The fourth-order valence-electron chi connectivity index (χ4n) is 8.79. The van der Waals surface area contributed by atoms with Gasteiger partial charge in [0.1, 0.15) is 47.2 Å². The zero-order valence-corrected chi connectivity index (χ0v) is 49.3. The number of hydrogen-bond acceptors (Lipinski definition) is 15. The number of fused-ring (bicyclic) bond motifs is 2. The molecule has 0 unspecified atom stereocenters. The molecule has 0 atom stereocenters. The SMILES string of the molecule is COc1cc(-c2cccc(Cl)c2)c(F)cc1-c1c[nH]c(=O)c2cc(S(=O)(=O)Cc3ccon3)ccc12.COc1cc(-c2cccc(Cl)c2)c(F)cc1O[B]O.COc1ccc(CN(c2ccon2)S(=O)(=O)c2ccc3c(Br)c[nH]c(=O)c3c2)cc1. The third-order valence-electron chi connectivity index (χ3n) is 12.9. The zero-order valence-electron chi connectivity index (χ0n) is 44.6. The van der Waals surface area contributed by atoms with Crippen LogP contribution >= 0.6 is 39.1 Å². The van der Waals surface area contributed by atoms with E-state index in [9.17, 15) is 30.8 Å². The normalized spacial score (nSPS) is 11.3. The molecule has 18 nitrogen and oxygen atoms in total. The predicted octanol–water partition coefficient (Wildman–Crippen LogP) is 12.4. The number of nitrogens with one attached hydrogen (secondary N) is 2. The average Bonchev–Trinajstić information content (AvgIpc) is 3.92. The van der Waals surface area contributed by atoms with Crippen LogP contribution in [0.4, 0.5) is 14.6 Å². The van der Waals surface area contributed by atoms with E-state index in [0.29, 0.717) is 83.6 Å². The maximum Gasteiger partial charge on any atom is 0.569 e. The number of sulfonamides is 1. The number of aromatic amines is 2. The van der Waals surface area contributed by atoms with E-state index >= 15 is 4.39 Å². The minimum absolute atomic E-state index is 0.0196. The number of methoxy groups -OCH3 is 3. The fourth-order valence-corrected chi connectivity index (χ4v) is 12.3. The topological polar surface area (TPSA) is 246 Å². The summed E-state index contributed by atoms with van der Waals surface area (Å²) in [6.45, 7) is 0.0196. The Morgan fingerprint density at radius 3 is 1.80 bits per heavy atom. The molecule has 0 spiro atoms. The highest BCUT2D eigenvalue weighted by molar-refractivity contribution is 9.10. The number of pyridine rings is 2. The van der Waals surface area contributed by atoms with Gasteiger partial charge >= 0.3 is 7.69 Å². The molecule has 0 saturated carbocycles. The Balaban J connectivity index is 0.000000160. The van der Waals surface area contributed by atoms with Crippen LogP contribution in [0.2, 0.25) is 10.0 Å². The van der Waals surface area contributed by atoms with Crippen molar-refractivity contribution < 1.29 is 58.6 Å². The molecule has 11 aromatic rings. The number of aromatic nitrogens is 4. The summed E-state index contributed by atoms with van der Waals surface area (Å²) in [6.07, 6.45) is 5.55. The van der Waals surface area contributed by atoms with Crippen LogP contribution in [-0.4, -0.2) is 71.2 Å². The fraction of sp³-hybridized carbons (Fsp3) is 0.0847. The smallest absolute Gasteiger partial charge is 0.535 e. The van der Waals surface area contributed by atoms with Crippen LogP contribution in [0.3, 0.4) is 0 Å². The van der Waals surface area contributed by atoms with Crippen molar-refractivity contribution in [3.05, 3.63) is 229 Å². The second-order valence-corrected chi connectivity index (χ2v) is 23.7. The van der Waals surface area contributed by atoms with Gasteiger partial charge in [-0.1, -0.05) is 82.0 Å². The lowest BCUT2D eigenvalue weighted by atomic mass is 9.96. The predicted molar refractivity (Wildman–Crippen MR) is 321 cm³/mol. The monoisotopic (exact) mass is 1290 g/mol. The largest absolute Gasteiger partial charge is 0.569 e. The Kier molecular flexibility index (Phi) is 18.9. The van der Waals surface area contributed by atoms with Crippen molar-refractivity contribution >= 4 is 94.0 Å². The van der Waals surface area contributed by atoms with E-state index in [1.54, 1.807) is 92.0 Å². The summed E-state index contributed by atoms with van der Waals surface area (Å²) in [5.41, 5.74) is 2.81. The van der Waals surface area contributed by atoms with Crippen LogP contribution in [0.1, 0.15) is 11.3 Å². The number of ether oxygens (including phenoxy) is 3. The van der Waals surface area contributed by atoms with Gasteiger partial charge < -0.3 is 42.9 Å². The van der Waals surface area contributed by atoms with Gasteiger partial charge in [-0.15, -0.1) is 0 Å². The highest BCUT2D eigenvalue weighted by Crippen LogP contribution is 2.40. The molecule has 433 valence electrons. The van der Waals surface area contributed by atoms with Gasteiger partial charge in [-0.25, -0.2) is 29.9 Å². The molecule has 4 aromatic heterocycles. The molecule has 0 bridgehead atoms. The van der Waals surface area contributed by atoms with E-state index in [4.69, 9.17) is 56.1 Å². The molecule has 0 fully saturated rings. The van der Waals surface area contributed by atoms with Crippen molar-refractivity contribution in [3.63, 3.8) is 0 Å². The van der Waals surface area contributed by atoms with E-state index < -0.39 is 37.1 Å². The van der Waals surface area contributed by atoms with Crippen LogP contribution in [0.15, 0.2) is 203 Å². The maximum absolute atomic E-state index is 15.3. The molecular formula is C59H44BBrCl2F2N5O13S2. The van der Waals surface area contributed by atoms with Crippen molar-refractivity contribution in [1.29, 1.82) is 0 Å². The van der Waals surface area contributed by atoms with Crippen LogP contribution in [0.5, 0.6) is 23.0 Å². The van der Waals surface area contributed by atoms with E-state index in [-0.39, 0.29) is 55.7 Å². The first-order valence-electron chi connectivity index (χ1n) is 24.9. The van der Waals surface area contributed by atoms with Gasteiger partial charge in [0.15, 0.2) is 21.4 Å². The van der Waals surface area contributed by atoms with Crippen molar-refractivity contribution in [3.8, 4) is 56.4 Å². The Hall–Kier alpha value is -8.78. The van der Waals surface area contributed by atoms with Crippen molar-refractivity contribution in [2.75, 3.05) is 25.6 Å². The number of sulfone groups is 1. The molecule has 1 radical (unpaired) electrons. The van der Waals surface area contributed by atoms with Gasteiger partial charge in [0.25, 0.3) is 21.1 Å². The summed E-state index contributed by atoms with van der Waals surface area (Å²) in [5, 5.41) is 18.5. The van der Waals surface area contributed by atoms with Crippen molar-refractivity contribution in [1.82, 2.24) is 20.3 Å². The van der Waals surface area contributed by atoms with Gasteiger partial charge in [0.05, 0.1) is 43.4 Å². The Morgan fingerprint density at radius 1 is 0.612 bits per heavy atom. The molecule has 11 rings (SSSR count). The lowest BCUT2D eigenvalue weighted by Crippen LogP contribution is -2.31. The number of rotatable bonds is 16. The van der Waals surface area contributed by atoms with E-state index in [2.05, 4.69) is 36.2 Å². The molecule has 0 amide bonds. The van der Waals surface area contributed by atoms with E-state index in [0.717, 1.165) is 15.9 Å². The highest BCUT2D eigenvalue weighted by Gasteiger charge is 2.29. The first kappa shape index (κ1) is 60.8. The average molecular weight is 1290 g/mol. The number of H-pyrrole nitrogens is 2. The summed E-state index contributed by atoms with van der Waals surface area (Å²) in [4.78, 5) is 30.0. The molecular weight excluding hydrogens is 1250 g/mol. The van der Waals surface area contributed by atoms with Crippen LogP contribution in [0.25, 0.3) is 54.9 Å². The quantitative estimate of drug-likeness (QED) is 0.0761. The number of halogens is 5. The second-order valence-electron chi connectivity index (χ2n) is 18.1. The van der Waals surface area contributed by atoms with Gasteiger partial charge in [0, 0.05) is 83.5 Å². The molecule has 0 aliphatic heterocycles. The molecule has 0 aliphatic rings. The Bertz CT molecular complexity index is 4580. The minimum Gasteiger partial charge on any atom is -0.535 e. The second kappa shape index (κ2) is 26.4. The summed E-state index contributed by atoms with van der Waals surface area (Å²) < 4.78 is 114. The molecule has 7 aromatic carbocycles. The third-order valence-corrected chi connectivity index (χ3v) is 17.4. The molecule has 26 heteroatoms. The first-order valence-corrected chi connectivity index (χ1v) is 29.5. The van der Waals surface area contributed by atoms with Crippen LogP contribution < -0.4 is 34.3 Å². The number of hydrogen-bond donors (Lipinski definition) is 3. The van der Waals surface area contributed by atoms with Gasteiger partial charge in [-0.3, -0.25) is 9.59 Å². The maximum atomic E-state index is 15.3. The number of anilines is 1. The Morgan fingerprint density at radius 2 is 1.20 bits per heavy atom. The van der Waals surface area contributed by atoms with Crippen LogP contribution in [0, 0.1) is 11.6 Å². The number of nitrogens with zero attached hydrogens (tertiary/aromatic N) is 3. The molecule has 0 saturated heterocycles. The summed E-state index contributed by atoms with van der Waals surface area (Å²) in [5.74, 6) is 0.163. The van der Waals surface area contributed by atoms with Gasteiger partial charge in [0.2, 0.25) is 0 Å². The van der Waals surface area contributed by atoms with Crippen LogP contribution in [-0.2, 0) is 32.2 Å². The molecule has 3 N–H and O–H groups in total. The highest BCUT2D eigenvalue weighted by atomic mass is 79.9. The minimum atomic E-state index is -4.05. The zero-order chi connectivity index (χ0) is 60.6. The first-order chi connectivity index (χ1) is 40.8. The molecule has 4 heterocycles. The Labute approximate surface area is 502 Å². The molecule has 85 heavy (non-hydrogen) atoms. The van der Waals surface area contributed by atoms with E-state index in [1.165, 1.54) is 93.7 Å². The number of benzene rings is 7. The summed E-state index contributed by atoms with van der Waals surface area (Å²) in [7, 11) is -2.93. The van der Waals surface area contributed by atoms with Gasteiger partial charge in [-0.05, 0) is 117 Å².